The van der Waals surface area contributed by atoms with Crippen molar-refractivity contribution in [3.63, 3.8) is 0 Å². The van der Waals surface area contributed by atoms with E-state index in [0.717, 1.165) is 0 Å². The van der Waals surface area contributed by atoms with Gasteiger partial charge >= 0.3 is 24.2 Å². The first kappa shape index (κ1) is 40.7. The van der Waals surface area contributed by atoms with Crippen LogP contribution in [0.3, 0.4) is 0 Å². The Kier molecular flexibility index (Phi) is 11.0. The molecule has 3 aromatic rings. The minimum Gasteiger partial charge on any atom is -0.455 e. The minimum absolute atomic E-state index is 0.0281. The summed E-state index contributed by atoms with van der Waals surface area (Å²) in [5, 5.41) is 13.4. The first-order valence-electron chi connectivity index (χ1n) is 19.4. The van der Waals surface area contributed by atoms with Crippen LogP contribution in [0, 0.1) is 16.7 Å². The number of fused-ring (bicyclic) bond motifs is 5. The Morgan fingerprint density at radius 2 is 1.34 bits per heavy atom. The largest absolute Gasteiger partial charge is 0.509 e. The van der Waals surface area contributed by atoms with E-state index in [4.69, 9.17) is 33.2 Å². The highest BCUT2D eigenvalue weighted by molar-refractivity contribution is 5.95. The Labute approximate surface area is 336 Å². The first-order chi connectivity index (χ1) is 27.6. The maximum atomic E-state index is 15.9. The number of ether oxygens (including phenoxy) is 7. The van der Waals surface area contributed by atoms with Gasteiger partial charge in [0, 0.05) is 18.8 Å². The highest BCUT2D eigenvalue weighted by Crippen LogP contribution is 2.64. The Hall–Kier alpha value is -5.53. The van der Waals surface area contributed by atoms with Crippen molar-refractivity contribution < 1.29 is 62.2 Å². The van der Waals surface area contributed by atoms with Crippen molar-refractivity contribution >= 4 is 30.0 Å². The van der Waals surface area contributed by atoms with Crippen molar-refractivity contribution in [3.05, 3.63) is 119 Å². The van der Waals surface area contributed by atoms with E-state index >= 15 is 4.79 Å². The van der Waals surface area contributed by atoms with Crippen LogP contribution in [0.4, 0.5) is 9.59 Å². The van der Waals surface area contributed by atoms with Gasteiger partial charge in [0.25, 0.3) is 0 Å². The van der Waals surface area contributed by atoms with Crippen LogP contribution in [0.15, 0.2) is 102 Å². The molecule has 1 heterocycles. The van der Waals surface area contributed by atoms with Gasteiger partial charge < -0.3 is 38.3 Å². The quantitative estimate of drug-likeness (QED) is 0.136. The number of hydrogen-bond donors (Lipinski definition) is 1. The summed E-state index contributed by atoms with van der Waals surface area (Å²) >= 11 is 0. The third kappa shape index (κ3) is 7.04. The van der Waals surface area contributed by atoms with Gasteiger partial charge in [-0.05, 0) is 55.5 Å². The summed E-state index contributed by atoms with van der Waals surface area (Å²) in [6.07, 6.45) is -7.86. The van der Waals surface area contributed by atoms with Crippen LogP contribution in [-0.2, 0) is 56.0 Å². The number of carbonyl (C=O) groups excluding carboxylic acids is 5. The number of rotatable bonds is 9. The highest BCUT2D eigenvalue weighted by Gasteiger charge is 2.78. The molecule has 13 heteroatoms. The number of benzene rings is 3. The Morgan fingerprint density at radius 3 is 1.88 bits per heavy atom. The maximum Gasteiger partial charge on any atom is 0.509 e. The molecule has 1 aliphatic heterocycles. The van der Waals surface area contributed by atoms with Gasteiger partial charge in [0.1, 0.15) is 37.1 Å². The van der Waals surface area contributed by atoms with Crippen molar-refractivity contribution in [2.45, 2.75) is 103 Å². The van der Waals surface area contributed by atoms with E-state index in [9.17, 15) is 24.3 Å². The van der Waals surface area contributed by atoms with Gasteiger partial charge in [-0.2, -0.15) is 0 Å². The first-order valence-corrected chi connectivity index (χ1v) is 19.4. The van der Waals surface area contributed by atoms with Crippen LogP contribution in [0.25, 0.3) is 0 Å². The van der Waals surface area contributed by atoms with Crippen LogP contribution in [0.1, 0.15) is 75.4 Å². The van der Waals surface area contributed by atoms with E-state index in [2.05, 4.69) is 0 Å². The standard InChI is InChI=1S/C45H48O13/c1-27-21-22-45(51)38(57-39(48)31-19-13-8-14-20-31)36-43(5,37(47)35(34(27)42(45,3)4)56-41(50)53-25-30-17-11-7-12-18-30)32(23-33-44(36,26-54-33)58-28(2)46)55-40(49)52-24-29-15-9-6-10-16-29/h6-20,32-33,35-36,38,51H,21-26H2,1-5H3/t32-,33+,35+,36?,38-,43+,44-,45+/m0/s1. The molecule has 3 aliphatic carbocycles. The van der Waals surface area contributed by atoms with E-state index in [-0.39, 0.29) is 50.2 Å². The van der Waals surface area contributed by atoms with Crippen LogP contribution < -0.4 is 0 Å². The van der Waals surface area contributed by atoms with Gasteiger partial charge in [-0.15, -0.1) is 0 Å². The molecule has 0 amide bonds. The number of carbonyl (C=O) groups is 5. The molecule has 8 atom stereocenters. The maximum absolute atomic E-state index is 15.9. The van der Waals surface area contributed by atoms with Crippen molar-refractivity contribution in [3.8, 4) is 0 Å². The molecule has 3 aromatic carbocycles. The lowest BCUT2D eigenvalue weighted by molar-refractivity contribution is -0.345. The second kappa shape index (κ2) is 15.7. The lowest BCUT2D eigenvalue weighted by atomic mass is 9.45. The molecule has 1 saturated heterocycles. The van der Waals surface area contributed by atoms with Gasteiger partial charge in [-0.1, -0.05) is 98.3 Å². The fourth-order valence-corrected chi connectivity index (χ4v) is 9.63. The fourth-order valence-electron chi connectivity index (χ4n) is 9.63. The number of Topliss-reactive ketones (excluding diaryl/α,β-unsaturated/α-hetero) is 1. The molecule has 3 fully saturated rings. The molecule has 1 unspecified atom stereocenters. The van der Waals surface area contributed by atoms with Crippen LogP contribution >= 0.6 is 0 Å². The summed E-state index contributed by atoms with van der Waals surface area (Å²) in [6, 6.07) is 26.0. The lowest BCUT2D eigenvalue weighted by Crippen LogP contribution is -2.81. The summed E-state index contributed by atoms with van der Waals surface area (Å²) in [5.41, 5.74) is -4.66. The minimum atomic E-state index is -2.01. The molecule has 0 spiro atoms. The number of allylic oxidation sites excluding steroid dienone is 1. The second-order valence-electron chi connectivity index (χ2n) is 16.3. The number of ketones is 1. The smallest absolute Gasteiger partial charge is 0.455 e. The Balaban J connectivity index is 1.39. The second-order valence-corrected chi connectivity index (χ2v) is 16.3. The Bertz CT molecular complexity index is 2080. The SMILES string of the molecule is CC(=O)O[C@@]12CO[C@@H]1C[C@H](OC(=O)OCc1ccccc1)[C@@]1(C)C(=O)[C@H](OC(=O)OCc3ccccc3)C3=C(C)CC[C@@](O)([C@@H](OC(=O)c4ccccc4)C12)C3(C)C. The zero-order valence-electron chi connectivity index (χ0n) is 33.1. The molecule has 4 aliphatic rings. The number of esters is 2. The van der Waals surface area contributed by atoms with E-state index in [0.29, 0.717) is 16.7 Å². The predicted molar refractivity (Wildman–Crippen MR) is 205 cm³/mol. The molecular weight excluding hydrogens is 748 g/mol. The number of aliphatic hydroxyl groups is 1. The average molecular weight is 797 g/mol. The monoisotopic (exact) mass is 796 g/mol. The van der Waals surface area contributed by atoms with Crippen molar-refractivity contribution in [1.82, 2.24) is 0 Å². The van der Waals surface area contributed by atoms with E-state index in [1.165, 1.54) is 13.8 Å². The van der Waals surface area contributed by atoms with Crippen LogP contribution in [-0.4, -0.2) is 77.4 Å². The normalized spacial score (nSPS) is 30.8. The van der Waals surface area contributed by atoms with Crippen LogP contribution in [0.5, 0.6) is 0 Å². The zero-order valence-corrected chi connectivity index (χ0v) is 33.1. The summed E-state index contributed by atoms with van der Waals surface area (Å²) in [5.74, 6) is -3.71. The molecule has 13 nitrogen and oxygen atoms in total. The molecule has 2 saturated carbocycles. The molecule has 2 bridgehead atoms. The van der Waals surface area contributed by atoms with E-state index < -0.39 is 82.4 Å². The molecule has 306 valence electrons. The Morgan fingerprint density at radius 1 is 0.793 bits per heavy atom. The highest BCUT2D eigenvalue weighted by atomic mass is 16.7. The van der Waals surface area contributed by atoms with E-state index in [1.54, 1.807) is 99.6 Å². The molecule has 0 radical (unpaired) electrons. The molecule has 58 heavy (non-hydrogen) atoms. The average Bonchev–Trinajstić information content (AvgIpc) is 3.20. The third-order valence-corrected chi connectivity index (χ3v) is 12.7. The molecule has 1 N–H and O–H groups in total. The molecule has 0 aromatic heterocycles. The van der Waals surface area contributed by atoms with E-state index in [1.807, 2.05) is 12.1 Å². The van der Waals surface area contributed by atoms with Gasteiger partial charge in [-0.3, -0.25) is 9.59 Å². The molecule has 7 rings (SSSR count). The summed E-state index contributed by atoms with van der Waals surface area (Å²) in [4.78, 5) is 70.5. The molecular formula is C45H48O13. The van der Waals surface area contributed by atoms with Crippen molar-refractivity contribution in [2.75, 3.05) is 6.61 Å². The zero-order chi connectivity index (χ0) is 41.5. The van der Waals surface area contributed by atoms with Crippen molar-refractivity contribution in [2.24, 2.45) is 16.7 Å². The van der Waals surface area contributed by atoms with Crippen molar-refractivity contribution in [1.29, 1.82) is 0 Å². The lowest BCUT2D eigenvalue weighted by Gasteiger charge is -2.67. The number of hydrogen-bond acceptors (Lipinski definition) is 13. The third-order valence-electron chi connectivity index (χ3n) is 12.7. The summed E-state index contributed by atoms with van der Waals surface area (Å²) in [7, 11) is 0. The summed E-state index contributed by atoms with van der Waals surface area (Å²) in [6.45, 7) is 7.34. The summed E-state index contributed by atoms with van der Waals surface area (Å²) < 4.78 is 41.9. The fraction of sp³-hybridized carbons (Fsp3) is 0.444. The topological polar surface area (TPSA) is 170 Å². The van der Waals surface area contributed by atoms with Gasteiger partial charge in [0.2, 0.25) is 0 Å². The van der Waals surface area contributed by atoms with Gasteiger partial charge in [0.05, 0.1) is 23.5 Å². The van der Waals surface area contributed by atoms with Gasteiger partial charge in [-0.25, -0.2) is 14.4 Å². The van der Waals surface area contributed by atoms with Crippen LogP contribution in [0.2, 0.25) is 0 Å². The van der Waals surface area contributed by atoms with Gasteiger partial charge in [0.15, 0.2) is 17.5 Å². The predicted octanol–water partition coefficient (Wildman–Crippen LogP) is 6.83.